The van der Waals surface area contributed by atoms with E-state index in [0.29, 0.717) is 17.6 Å². The third-order valence-electron chi connectivity index (χ3n) is 4.70. The summed E-state index contributed by atoms with van der Waals surface area (Å²) in [6.07, 6.45) is 6.75. The van der Waals surface area contributed by atoms with Gasteiger partial charge in [0.05, 0.1) is 4.90 Å². The van der Waals surface area contributed by atoms with Gasteiger partial charge in [0.2, 0.25) is 10.0 Å². The average molecular weight is 350 g/mol. The van der Waals surface area contributed by atoms with Crippen molar-refractivity contribution in [3.63, 3.8) is 0 Å². The number of hydrogen-bond acceptors (Lipinski definition) is 3. The van der Waals surface area contributed by atoms with E-state index in [1.165, 1.54) is 25.0 Å². The molecule has 1 N–H and O–H groups in total. The summed E-state index contributed by atoms with van der Waals surface area (Å²) in [4.78, 5) is 15.2. The minimum absolute atomic E-state index is 0.0465. The van der Waals surface area contributed by atoms with Gasteiger partial charge in [-0.25, -0.2) is 13.1 Å². The quantitative estimate of drug-likeness (QED) is 0.858. The number of nitrogens with one attached hydrogen (secondary N) is 1. The number of carbonyl (C=O) groups is 1. The summed E-state index contributed by atoms with van der Waals surface area (Å²) in [6, 6.07) is 6.91. The van der Waals surface area contributed by atoms with Crippen LogP contribution in [-0.4, -0.2) is 37.4 Å². The lowest BCUT2D eigenvalue weighted by Gasteiger charge is -2.29. The molecule has 0 radical (unpaired) electrons. The first kappa shape index (κ1) is 17.4. The van der Waals surface area contributed by atoms with Gasteiger partial charge in [-0.15, -0.1) is 0 Å². The van der Waals surface area contributed by atoms with Crippen LogP contribution in [0, 0.1) is 0 Å². The number of rotatable bonds is 6. The predicted octanol–water partition coefficient (Wildman–Crippen LogP) is 2.92. The Balaban J connectivity index is 1.78. The maximum absolute atomic E-state index is 12.9. The largest absolute Gasteiger partial charge is 0.333 e. The van der Waals surface area contributed by atoms with E-state index in [1.807, 2.05) is 0 Å². The molecule has 132 valence electrons. The summed E-state index contributed by atoms with van der Waals surface area (Å²) in [6.45, 7) is 3.56. The van der Waals surface area contributed by atoms with Crippen molar-refractivity contribution in [1.82, 2.24) is 9.62 Å². The Morgan fingerprint density at radius 1 is 1.04 bits per heavy atom. The molecular weight excluding hydrogens is 324 g/mol. The van der Waals surface area contributed by atoms with Crippen molar-refractivity contribution >= 4 is 15.9 Å². The first-order chi connectivity index (χ1) is 11.4. The Morgan fingerprint density at radius 2 is 1.58 bits per heavy atom. The molecule has 1 amide bonds. The number of amides is 1. The first-order valence-corrected chi connectivity index (χ1v) is 10.3. The van der Waals surface area contributed by atoms with Gasteiger partial charge in [0.25, 0.3) is 5.91 Å². The van der Waals surface area contributed by atoms with Crippen LogP contribution in [0.5, 0.6) is 0 Å². The van der Waals surface area contributed by atoms with Gasteiger partial charge in [-0.3, -0.25) is 4.79 Å². The Bertz CT molecular complexity index is 687. The number of hydrogen-bond donors (Lipinski definition) is 1. The molecule has 0 spiro atoms. The molecule has 0 atom stereocenters. The van der Waals surface area contributed by atoms with Crippen LogP contribution in [0.3, 0.4) is 0 Å². The molecule has 0 aliphatic heterocycles. The van der Waals surface area contributed by atoms with Gasteiger partial charge < -0.3 is 4.90 Å². The third-order valence-corrected chi connectivity index (χ3v) is 6.37. The van der Waals surface area contributed by atoms with E-state index in [9.17, 15) is 13.2 Å². The fourth-order valence-corrected chi connectivity index (χ4v) is 4.72. The molecule has 0 bridgehead atoms. The number of sulfonamides is 1. The summed E-state index contributed by atoms with van der Waals surface area (Å²) in [5.41, 5.74) is 0.581. The summed E-state index contributed by atoms with van der Waals surface area (Å²) < 4.78 is 26.9. The molecule has 1 aromatic rings. The lowest BCUT2D eigenvalue weighted by atomic mass is 10.1. The molecule has 0 saturated heterocycles. The van der Waals surface area contributed by atoms with Crippen LogP contribution in [-0.2, 0) is 10.0 Å². The third kappa shape index (κ3) is 3.81. The van der Waals surface area contributed by atoms with Crippen LogP contribution < -0.4 is 4.72 Å². The Morgan fingerprint density at radius 3 is 2.08 bits per heavy atom. The van der Waals surface area contributed by atoms with Crippen molar-refractivity contribution in [3.05, 3.63) is 29.8 Å². The highest BCUT2D eigenvalue weighted by atomic mass is 32.2. The van der Waals surface area contributed by atoms with Gasteiger partial charge in [-0.2, -0.15) is 0 Å². The fraction of sp³-hybridized carbons (Fsp3) is 0.611. The second kappa shape index (κ2) is 6.84. The minimum atomic E-state index is -3.52. The van der Waals surface area contributed by atoms with Crippen LogP contribution in [0.2, 0.25) is 0 Å². The molecule has 5 nitrogen and oxygen atoms in total. The molecule has 1 aromatic carbocycles. The van der Waals surface area contributed by atoms with E-state index in [1.54, 1.807) is 26.0 Å². The van der Waals surface area contributed by atoms with Crippen molar-refractivity contribution < 1.29 is 13.2 Å². The van der Waals surface area contributed by atoms with E-state index in [0.717, 1.165) is 25.7 Å². The van der Waals surface area contributed by atoms with E-state index in [4.69, 9.17) is 0 Å². The van der Waals surface area contributed by atoms with Crippen LogP contribution in [0.15, 0.2) is 29.2 Å². The van der Waals surface area contributed by atoms with E-state index >= 15 is 0 Å². The zero-order valence-electron chi connectivity index (χ0n) is 14.4. The average Bonchev–Trinajstić information content (AvgIpc) is 3.20. The molecule has 0 aromatic heterocycles. The molecule has 2 aliphatic rings. The summed E-state index contributed by atoms with van der Waals surface area (Å²) in [7, 11) is -3.52. The van der Waals surface area contributed by atoms with Crippen LogP contribution >= 0.6 is 0 Å². The number of carbonyl (C=O) groups excluding carboxylic acids is 1. The fourth-order valence-electron chi connectivity index (χ4n) is 3.47. The summed E-state index contributed by atoms with van der Waals surface area (Å²) >= 11 is 0. The molecule has 2 fully saturated rings. The van der Waals surface area contributed by atoms with Gasteiger partial charge in [0.1, 0.15) is 0 Å². The van der Waals surface area contributed by atoms with Gasteiger partial charge in [0, 0.05) is 23.7 Å². The van der Waals surface area contributed by atoms with Crippen LogP contribution in [0.4, 0.5) is 0 Å². The highest BCUT2D eigenvalue weighted by Gasteiger charge is 2.38. The van der Waals surface area contributed by atoms with Crippen LogP contribution in [0.1, 0.15) is 62.7 Å². The minimum Gasteiger partial charge on any atom is -0.333 e. The zero-order valence-corrected chi connectivity index (χ0v) is 15.2. The van der Waals surface area contributed by atoms with E-state index in [2.05, 4.69) is 9.62 Å². The molecule has 6 heteroatoms. The van der Waals surface area contributed by atoms with Crippen molar-refractivity contribution in [3.8, 4) is 0 Å². The Hall–Kier alpha value is -1.40. The normalized spacial score (nSPS) is 19.0. The van der Waals surface area contributed by atoms with Crippen molar-refractivity contribution in [2.75, 3.05) is 0 Å². The first-order valence-electron chi connectivity index (χ1n) is 8.83. The van der Waals surface area contributed by atoms with E-state index in [-0.39, 0.29) is 16.8 Å². The molecular formula is C18H26N2O3S. The highest BCUT2D eigenvalue weighted by molar-refractivity contribution is 7.89. The maximum atomic E-state index is 12.9. The molecule has 0 unspecified atom stereocenters. The zero-order chi connectivity index (χ0) is 17.3. The molecule has 0 heterocycles. The SMILES string of the molecule is CC(C)NS(=O)(=O)c1ccc(C(=O)N(C2CCCC2)C2CC2)cc1. The standard InChI is InChI=1S/C18H26N2O3S/c1-13(2)19-24(22,23)17-11-7-14(8-12-17)18(21)20(16-9-10-16)15-5-3-4-6-15/h7-8,11-13,15-16,19H,3-6,9-10H2,1-2H3. The second-order valence-corrected chi connectivity index (χ2v) is 8.90. The van der Waals surface area contributed by atoms with Gasteiger partial charge >= 0.3 is 0 Å². The lowest BCUT2D eigenvalue weighted by molar-refractivity contribution is 0.0664. The van der Waals surface area contributed by atoms with Gasteiger partial charge in [-0.1, -0.05) is 12.8 Å². The van der Waals surface area contributed by atoms with Gasteiger partial charge in [0.15, 0.2) is 0 Å². The number of benzene rings is 1. The number of nitrogens with zero attached hydrogens (tertiary/aromatic N) is 1. The monoisotopic (exact) mass is 350 g/mol. The topological polar surface area (TPSA) is 66.5 Å². The molecule has 2 saturated carbocycles. The predicted molar refractivity (Wildman–Crippen MR) is 93.3 cm³/mol. The smallest absolute Gasteiger partial charge is 0.254 e. The summed E-state index contributed by atoms with van der Waals surface area (Å²) in [5.74, 6) is 0.0465. The Kier molecular flexibility index (Phi) is 4.97. The van der Waals surface area contributed by atoms with Gasteiger partial charge in [-0.05, 0) is 63.8 Å². The molecule has 24 heavy (non-hydrogen) atoms. The van der Waals surface area contributed by atoms with E-state index < -0.39 is 10.0 Å². The highest BCUT2D eigenvalue weighted by Crippen LogP contribution is 2.35. The Labute approximate surface area is 144 Å². The lowest BCUT2D eigenvalue weighted by Crippen LogP contribution is -2.40. The maximum Gasteiger partial charge on any atom is 0.254 e. The van der Waals surface area contributed by atoms with Crippen LogP contribution in [0.25, 0.3) is 0 Å². The summed E-state index contributed by atoms with van der Waals surface area (Å²) in [5, 5.41) is 0. The second-order valence-electron chi connectivity index (χ2n) is 7.18. The molecule has 3 rings (SSSR count). The molecule has 2 aliphatic carbocycles. The van der Waals surface area contributed by atoms with Crippen molar-refractivity contribution in [2.24, 2.45) is 0 Å². The van der Waals surface area contributed by atoms with Crippen molar-refractivity contribution in [1.29, 1.82) is 0 Å². The van der Waals surface area contributed by atoms with Crippen molar-refractivity contribution in [2.45, 2.75) is 75.4 Å².